The molecule has 0 aromatic carbocycles. The van der Waals surface area contributed by atoms with Crippen LogP contribution in [0.5, 0.6) is 0 Å². The summed E-state index contributed by atoms with van der Waals surface area (Å²) in [5.41, 5.74) is 0. The van der Waals surface area contributed by atoms with Crippen molar-refractivity contribution in [3.05, 3.63) is 17.4 Å². The van der Waals surface area contributed by atoms with Crippen molar-refractivity contribution in [2.75, 3.05) is 6.54 Å². The molecule has 0 aromatic heterocycles. The lowest BCUT2D eigenvalue weighted by Crippen LogP contribution is -2.25. The Labute approximate surface area is 150 Å². The number of unbranched alkanes of at least 4 members (excludes halogenated alkanes) is 11. The van der Waals surface area contributed by atoms with Crippen molar-refractivity contribution in [3.63, 3.8) is 0 Å². The van der Waals surface area contributed by atoms with Crippen LogP contribution in [0, 0.1) is 5.21 Å². The predicted molar refractivity (Wildman–Crippen MR) is 105 cm³/mol. The van der Waals surface area contributed by atoms with Crippen LogP contribution in [0.4, 0.5) is 0 Å². The van der Waals surface area contributed by atoms with Gasteiger partial charge in [0.05, 0.1) is 0 Å². The molecule has 0 rings (SSSR count). The molecule has 0 N–H and O–H groups in total. The van der Waals surface area contributed by atoms with Gasteiger partial charge in [-0.05, 0) is 38.5 Å². The van der Waals surface area contributed by atoms with Crippen molar-refractivity contribution in [2.24, 2.45) is 0 Å². The molecule has 0 saturated carbocycles. The largest absolute Gasteiger partial charge is 0.756 e. The average Bonchev–Trinajstić information content (AvgIpc) is 2.58. The molecule has 0 aliphatic carbocycles. The first-order chi connectivity index (χ1) is 11.7. The van der Waals surface area contributed by atoms with Crippen molar-refractivity contribution >= 4 is 5.91 Å². The Balaban J connectivity index is 3.24. The molecule has 0 fully saturated rings. The molecule has 0 saturated heterocycles. The maximum atomic E-state index is 11.5. The quantitative estimate of drug-likeness (QED) is 0.167. The molecule has 0 radical (unpaired) electrons. The molecule has 24 heavy (non-hydrogen) atoms. The fourth-order valence-corrected chi connectivity index (χ4v) is 2.80. The van der Waals surface area contributed by atoms with Crippen molar-refractivity contribution in [1.29, 1.82) is 0 Å². The lowest BCUT2D eigenvalue weighted by atomic mass is 10.1. The van der Waals surface area contributed by atoms with Gasteiger partial charge in [-0.3, -0.25) is 4.79 Å². The molecular weight excluding hydrogens is 298 g/mol. The van der Waals surface area contributed by atoms with Gasteiger partial charge >= 0.3 is 0 Å². The van der Waals surface area contributed by atoms with Crippen LogP contribution in [-0.2, 0) is 4.79 Å². The number of hydrogen-bond acceptors (Lipinski definition) is 2. The standard InChI is InChI=1S/C21H40NO2/c1-3-5-6-7-8-9-10-11-12-13-14-15-16-17-18-19-21(23)22(24)20-4-2/h11-12H,3-10,13-20H2,1-2H3/q-1/b12-11-. The molecule has 0 aliphatic heterocycles. The summed E-state index contributed by atoms with van der Waals surface area (Å²) < 4.78 is 0. The predicted octanol–water partition coefficient (Wildman–Crippen LogP) is 6.76. The van der Waals surface area contributed by atoms with Crippen molar-refractivity contribution in [1.82, 2.24) is 5.06 Å². The van der Waals surface area contributed by atoms with Gasteiger partial charge in [-0.2, -0.15) is 0 Å². The van der Waals surface area contributed by atoms with E-state index in [0.29, 0.717) is 18.0 Å². The number of amides is 1. The molecule has 0 aromatic rings. The van der Waals surface area contributed by atoms with Gasteiger partial charge in [0.25, 0.3) is 0 Å². The molecule has 0 atom stereocenters. The minimum absolute atomic E-state index is 0.241. The Morgan fingerprint density at radius 2 is 1.25 bits per heavy atom. The van der Waals surface area contributed by atoms with Gasteiger partial charge < -0.3 is 10.3 Å². The number of hydroxylamine groups is 2. The summed E-state index contributed by atoms with van der Waals surface area (Å²) in [6, 6.07) is 0. The van der Waals surface area contributed by atoms with E-state index in [1.54, 1.807) is 0 Å². The van der Waals surface area contributed by atoms with E-state index in [2.05, 4.69) is 19.1 Å². The highest BCUT2D eigenvalue weighted by Gasteiger charge is 2.02. The normalized spacial score (nSPS) is 11.3. The lowest BCUT2D eigenvalue weighted by Gasteiger charge is -2.27. The van der Waals surface area contributed by atoms with E-state index in [0.717, 1.165) is 19.3 Å². The first kappa shape index (κ1) is 23.2. The fraction of sp³-hybridized carbons (Fsp3) is 0.857. The summed E-state index contributed by atoms with van der Waals surface area (Å²) in [7, 11) is 0. The topological polar surface area (TPSA) is 43.4 Å². The molecule has 0 heterocycles. The van der Waals surface area contributed by atoms with E-state index in [4.69, 9.17) is 0 Å². The third kappa shape index (κ3) is 16.0. The molecule has 1 amide bonds. The zero-order valence-corrected chi connectivity index (χ0v) is 16.2. The van der Waals surface area contributed by atoms with Gasteiger partial charge in [0, 0.05) is 13.0 Å². The molecule has 3 nitrogen and oxygen atoms in total. The van der Waals surface area contributed by atoms with Crippen LogP contribution in [0.15, 0.2) is 12.2 Å². The second-order valence-corrected chi connectivity index (χ2v) is 6.83. The van der Waals surface area contributed by atoms with E-state index in [-0.39, 0.29) is 5.91 Å². The highest BCUT2D eigenvalue weighted by molar-refractivity contribution is 5.76. The number of rotatable bonds is 17. The zero-order chi connectivity index (χ0) is 17.9. The fourth-order valence-electron chi connectivity index (χ4n) is 2.80. The van der Waals surface area contributed by atoms with Crippen LogP contribution in [-0.4, -0.2) is 17.5 Å². The van der Waals surface area contributed by atoms with Gasteiger partial charge in [0.15, 0.2) is 0 Å². The molecule has 3 heteroatoms. The van der Waals surface area contributed by atoms with E-state index in [9.17, 15) is 10.0 Å². The Morgan fingerprint density at radius 1 is 0.750 bits per heavy atom. The Bertz CT molecular complexity index is 302. The summed E-state index contributed by atoms with van der Waals surface area (Å²) >= 11 is 0. The van der Waals surface area contributed by atoms with Crippen LogP contribution in [0.25, 0.3) is 0 Å². The highest BCUT2D eigenvalue weighted by Crippen LogP contribution is 2.10. The van der Waals surface area contributed by atoms with Gasteiger partial charge in [-0.1, -0.05) is 77.4 Å². The van der Waals surface area contributed by atoms with Crippen molar-refractivity contribution in [2.45, 2.75) is 110 Å². The first-order valence-electron chi connectivity index (χ1n) is 10.3. The Morgan fingerprint density at radius 3 is 1.79 bits per heavy atom. The lowest BCUT2D eigenvalue weighted by molar-refractivity contribution is -0.128. The molecule has 0 unspecified atom stereocenters. The summed E-state index contributed by atoms with van der Waals surface area (Å²) in [5.74, 6) is -0.241. The number of nitrogens with zero attached hydrogens (tertiary/aromatic N) is 1. The molecule has 0 bridgehead atoms. The van der Waals surface area contributed by atoms with E-state index in [1.165, 1.54) is 70.6 Å². The number of carbonyl (C=O) groups is 1. The monoisotopic (exact) mass is 338 g/mol. The van der Waals surface area contributed by atoms with Crippen LogP contribution < -0.4 is 0 Å². The highest BCUT2D eigenvalue weighted by atomic mass is 16.5. The summed E-state index contributed by atoms with van der Waals surface area (Å²) in [5, 5.41) is 11.9. The minimum Gasteiger partial charge on any atom is -0.756 e. The number of hydrogen-bond donors (Lipinski definition) is 0. The third-order valence-electron chi connectivity index (χ3n) is 4.36. The second-order valence-electron chi connectivity index (χ2n) is 6.83. The maximum Gasteiger partial charge on any atom is 0.212 e. The number of carbonyl (C=O) groups excluding carboxylic acids is 1. The third-order valence-corrected chi connectivity index (χ3v) is 4.36. The van der Waals surface area contributed by atoms with Crippen LogP contribution >= 0.6 is 0 Å². The van der Waals surface area contributed by atoms with Crippen LogP contribution in [0.2, 0.25) is 0 Å². The van der Waals surface area contributed by atoms with Crippen molar-refractivity contribution in [3.8, 4) is 0 Å². The van der Waals surface area contributed by atoms with Gasteiger partial charge in [-0.15, -0.1) is 0 Å². The summed E-state index contributed by atoms with van der Waals surface area (Å²) in [4.78, 5) is 11.5. The summed E-state index contributed by atoms with van der Waals surface area (Å²) in [6.07, 6.45) is 22.0. The minimum atomic E-state index is -0.241. The summed E-state index contributed by atoms with van der Waals surface area (Å²) in [6.45, 7) is 4.51. The molecule has 0 aliphatic rings. The zero-order valence-electron chi connectivity index (χ0n) is 16.2. The Hall–Kier alpha value is -0.830. The average molecular weight is 339 g/mol. The van der Waals surface area contributed by atoms with Crippen LogP contribution in [0.1, 0.15) is 110 Å². The molecule has 142 valence electrons. The van der Waals surface area contributed by atoms with Crippen LogP contribution in [0.3, 0.4) is 0 Å². The maximum absolute atomic E-state index is 11.5. The smallest absolute Gasteiger partial charge is 0.212 e. The van der Waals surface area contributed by atoms with E-state index >= 15 is 0 Å². The number of allylic oxidation sites excluding steroid dienone is 2. The van der Waals surface area contributed by atoms with Gasteiger partial charge in [-0.25, -0.2) is 0 Å². The molecular formula is C21H40NO2-. The van der Waals surface area contributed by atoms with Crippen molar-refractivity contribution < 1.29 is 4.79 Å². The SMILES string of the molecule is CCCCCCCC/C=C\CCCCCCCC(=O)N([O-])CCC. The second kappa shape index (κ2) is 18.5. The van der Waals surface area contributed by atoms with Gasteiger partial charge in [0.2, 0.25) is 5.91 Å². The van der Waals surface area contributed by atoms with Gasteiger partial charge in [0.1, 0.15) is 0 Å². The van der Waals surface area contributed by atoms with E-state index in [1.807, 2.05) is 6.92 Å². The Kier molecular flexibility index (Phi) is 17.9. The van der Waals surface area contributed by atoms with E-state index < -0.39 is 0 Å². The molecule has 0 spiro atoms. The first-order valence-corrected chi connectivity index (χ1v) is 10.3.